The highest BCUT2D eigenvalue weighted by molar-refractivity contribution is 5.95. The van der Waals surface area contributed by atoms with E-state index in [1.165, 1.54) is 26.4 Å². The third kappa shape index (κ3) is 6.44. The van der Waals surface area contributed by atoms with Gasteiger partial charge in [0.25, 0.3) is 5.69 Å². The van der Waals surface area contributed by atoms with E-state index in [2.05, 4.69) is 0 Å². The topological polar surface area (TPSA) is 95.7 Å². The van der Waals surface area contributed by atoms with Crippen LogP contribution in [0.4, 0.5) is 5.69 Å². The first kappa shape index (κ1) is 26.3. The van der Waals surface area contributed by atoms with E-state index in [4.69, 9.17) is 9.47 Å². The Kier molecular flexibility index (Phi) is 8.73. The lowest BCUT2D eigenvalue weighted by molar-refractivity contribution is -0.384. The van der Waals surface area contributed by atoms with E-state index in [1.807, 2.05) is 68.5 Å². The van der Waals surface area contributed by atoms with Crippen LogP contribution in [-0.2, 0) is 19.1 Å². The molecule has 0 N–H and O–H groups in total. The normalized spacial score (nSPS) is 11.5. The smallest absolute Gasteiger partial charge is 0.320 e. The molecular weight excluding hydrogens is 458 g/mol. The zero-order valence-corrected chi connectivity index (χ0v) is 20.8. The van der Waals surface area contributed by atoms with Gasteiger partial charge in [-0.2, -0.15) is 0 Å². The fraction of sp³-hybridized carbons (Fsp3) is 0.241. The summed E-state index contributed by atoms with van der Waals surface area (Å²) in [7, 11) is 2.44. The van der Waals surface area contributed by atoms with Crippen molar-refractivity contribution in [3.63, 3.8) is 0 Å². The van der Waals surface area contributed by atoms with Crippen LogP contribution >= 0.6 is 0 Å². The van der Waals surface area contributed by atoms with Gasteiger partial charge in [0.1, 0.15) is 0 Å². The van der Waals surface area contributed by atoms with Crippen molar-refractivity contribution >= 4 is 23.2 Å². The van der Waals surface area contributed by atoms with Crippen LogP contribution in [-0.4, -0.2) is 31.1 Å². The van der Waals surface area contributed by atoms with E-state index in [1.54, 1.807) is 12.1 Å². The molecule has 1 unspecified atom stereocenters. The average Bonchev–Trinajstić information content (AvgIpc) is 2.89. The molecule has 0 aliphatic carbocycles. The number of esters is 2. The van der Waals surface area contributed by atoms with Gasteiger partial charge in [0.05, 0.1) is 19.1 Å². The van der Waals surface area contributed by atoms with Crippen molar-refractivity contribution in [3.05, 3.63) is 117 Å². The summed E-state index contributed by atoms with van der Waals surface area (Å²) in [5.74, 6) is -3.01. The van der Waals surface area contributed by atoms with Crippen LogP contribution in [0.5, 0.6) is 0 Å². The number of nitro benzene ring substituents is 1. The first-order valence-corrected chi connectivity index (χ1v) is 11.5. The lowest BCUT2D eigenvalue weighted by Crippen LogP contribution is -2.28. The summed E-state index contributed by atoms with van der Waals surface area (Å²) in [5, 5.41) is 11.2. The number of nitrogens with zero attached hydrogens (tertiary/aromatic N) is 1. The Bertz CT molecular complexity index is 1180. The highest BCUT2D eigenvalue weighted by Crippen LogP contribution is 2.34. The maximum Gasteiger partial charge on any atom is 0.320 e. The van der Waals surface area contributed by atoms with Crippen molar-refractivity contribution in [1.82, 2.24) is 0 Å². The Balaban J connectivity index is 2.18. The molecule has 0 fully saturated rings. The van der Waals surface area contributed by atoms with Gasteiger partial charge in [-0.25, -0.2) is 0 Å². The number of rotatable bonds is 9. The molecule has 0 spiro atoms. The predicted octanol–water partition coefficient (Wildman–Crippen LogP) is 5.78. The number of benzene rings is 3. The molecule has 0 aromatic heterocycles. The number of hydrogen-bond donors (Lipinski definition) is 0. The minimum atomic E-state index is -1.16. The molecule has 3 rings (SSSR count). The highest BCUT2D eigenvalue weighted by Gasteiger charge is 2.32. The van der Waals surface area contributed by atoms with E-state index >= 15 is 0 Å². The minimum Gasteiger partial charge on any atom is -0.468 e. The van der Waals surface area contributed by atoms with Crippen molar-refractivity contribution in [3.8, 4) is 0 Å². The zero-order valence-electron chi connectivity index (χ0n) is 20.8. The van der Waals surface area contributed by atoms with Crippen LogP contribution in [0.1, 0.15) is 40.2 Å². The second kappa shape index (κ2) is 11.9. The monoisotopic (exact) mass is 487 g/mol. The lowest BCUT2D eigenvalue weighted by atomic mass is 9.84. The summed E-state index contributed by atoms with van der Waals surface area (Å²) in [6.45, 7) is 4.02. The summed E-state index contributed by atoms with van der Waals surface area (Å²) in [6, 6.07) is 22.3. The van der Waals surface area contributed by atoms with Gasteiger partial charge in [0.2, 0.25) is 0 Å². The number of non-ortho nitro benzene ring substituents is 1. The summed E-state index contributed by atoms with van der Waals surface area (Å²) in [4.78, 5) is 35.7. The molecule has 0 heterocycles. The molecule has 0 radical (unpaired) electrons. The quantitative estimate of drug-likeness (QED) is 0.164. The fourth-order valence-corrected chi connectivity index (χ4v) is 4.00. The standard InChI is InChI=1S/C29H29NO6/c1-19-5-9-22(10-6-19)26(23-11-7-20(2)8-12-23)17-24(18-27(28(31)35-3)29(32)36-4)21-13-15-25(16-14-21)30(33)34/h5-17,24,27H,18H2,1-4H3. The summed E-state index contributed by atoms with van der Waals surface area (Å²) in [6.07, 6.45) is 2.06. The number of methoxy groups -OCH3 is 2. The van der Waals surface area contributed by atoms with Gasteiger partial charge in [0.15, 0.2) is 5.92 Å². The van der Waals surface area contributed by atoms with E-state index in [0.29, 0.717) is 0 Å². The number of ether oxygens (including phenoxy) is 2. The molecule has 186 valence electrons. The van der Waals surface area contributed by atoms with E-state index in [9.17, 15) is 19.7 Å². The summed E-state index contributed by atoms with van der Waals surface area (Å²) < 4.78 is 9.75. The Morgan fingerprint density at radius 1 is 0.806 bits per heavy atom. The number of allylic oxidation sites excluding steroid dienone is 1. The van der Waals surface area contributed by atoms with Gasteiger partial charge in [0, 0.05) is 18.1 Å². The summed E-state index contributed by atoms with van der Waals surface area (Å²) in [5.41, 5.74) is 5.74. The number of carbonyl (C=O) groups excluding carboxylic acids is 2. The first-order chi connectivity index (χ1) is 17.2. The van der Waals surface area contributed by atoms with Crippen LogP contribution in [0.25, 0.3) is 5.57 Å². The van der Waals surface area contributed by atoms with Gasteiger partial charge in [-0.15, -0.1) is 0 Å². The number of carbonyl (C=O) groups is 2. The third-order valence-electron chi connectivity index (χ3n) is 6.09. The molecular formula is C29H29NO6. The predicted molar refractivity (Wildman–Crippen MR) is 137 cm³/mol. The molecule has 0 bridgehead atoms. The maximum atomic E-state index is 12.5. The van der Waals surface area contributed by atoms with Crippen LogP contribution in [0, 0.1) is 29.9 Å². The number of aryl methyl sites for hydroxylation is 2. The van der Waals surface area contributed by atoms with Crippen LogP contribution in [0.2, 0.25) is 0 Å². The van der Waals surface area contributed by atoms with Gasteiger partial charge < -0.3 is 9.47 Å². The zero-order chi connectivity index (χ0) is 26.2. The van der Waals surface area contributed by atoms with Crippen LogP contribution in [0.15, 0.2) is 78.9 Å². The molecule has 1 atom stereocenters. The molecule has 7 heteroatoms. The molecule has 0 amide bonds. The largest absolute Gasteiger partial charge is 0.468 e. The lowest BCUT2D eigenvalue weighted by Gasteiger charge is -2.21. The molecule has 3 aromatic carbocycles. The fourth-order valence-electron chi connectivity index (χ4n) is 4.00. The molecule has 0 aliphatic rings. The van der Waals surface area contributed by atoms with Crippen molar-refractivity contribution in [1.29, 1.82) is 0 Å². The molecule has 0 saturated carbocycles. The molecule has 36 heavy (non-hydrogen) atoms. The Hall–Kier alpha value is -4.26. The molecule has 0 aliphatic heterocycles. The SMILES string of the molecule is COC(=O)C(CC(C=C(c1ccc(C)cc1)c1ccc(C)cc1)c1ccc([N+](=O)[O-])cc1)C(=O)OC. The first-order valence-electron chi connectivity index (χ1n) is 11.5. The average molecular weight is 488 g/mol. The van der Waals surface area contributed by atoms with Crippen molar-refractivity contribution < 1.29 is 24.0 Å². The van der Waals surface area contributed by atoms with E-state index in [0.717, 1.165) is 33.4 Å². The van der Waals surface area contributed by atoms with Gasteiger partial charge in [-0.1, -0.05) is 77.9 Å². The Labute approximate surface area is 210 Å². The van der Waals surface area contributed by atoms with Crippen molar-refractivity contribution in [2.75, 3.05) is 14.2 Å². The van der Waals surface area contributed by atoms with Crippen molar-refractivity contribution in [2.24, 2.45) is 5.92 Å². The molecule has 0 saturated heterocycles. The van der Waals surface area contributed by atoms with Crippen LogP contribution < -0.4 is 0 Å². The van der Waals surface area contributed by atoms with Crippen LogP contribution in [0.3, 0.4) is 0 Å². The summed E-state index contributed by atoms with van der Waals surface area (Å²) >= 11 is 0. The second-order valence-corrected chi connectivity index (χ2v) is 8.60. The van der Waals surface area contributed by atoms with Gasteiger partial charge in [-0.05, 0) is 42.5 Å². The highest BCUT2D eigenvalue weighted by atomic mass is 16.6. The van der Waals surface area contributed by atoms with E-state index in [-0.39, 0.29) is 12.1 Å². The Morgan fingerprint density at radius 2 is 1.25 bits per heavy atom. The van der Waals surface area contributed by atoms with Gasteiger partial charge >= 0.3 is 11.9 Å². The van der Waals surface area contributed by atoms with Gasteiger partial charge in [-0.3, -0.25) is 19.7 Å². The second-order valence-electron chi connectivity index (χ2n) is 8.60. The Morgan fingerprint density at radius 3 is 1.64 bits per heavy atom. The molecule has 3 aromatic rings. The third-order valence-corrected chi connectivity index (χ3v) is 6.09. The van der Waals surface area contributed by atoms with E-state index < -0.39 is 28.7 Å². The maximum absolute atomic E-state index is 12.5. The number of hydrogen-bond acceptors (Lipinski definition) is 6. The van der Waals surface area contributed by atoms with Crippen molar-refractivity contribution in [2.45, 2.75) is 26.2 Å². The number of nitro groups is 1. The molecule has 7 nitrogen and oxygen atoms in total. The minimum absolute atomic E-state index is 0.0451.